The molecule has 2 fully saturated rings. The fourth-order valence-electron chi connectivity index (χ4n) is 3.08. The van der Waals surface area contributed by atoms with Crippen LogP contribution in [0.25, 0.3) is 0 Å². The number of aliphatic hydroxyl groups excluding tert-OH is 1. The lowest BCUT2D eigenvalue weighted by molar-refractivity contribution is 0.119. The maximum Gasteiger partial charge on any atom is 0.0791 e. The van der Waals surface area contributed by atoms with E-state index < -0.39 is 0 Å². The van der Waals surface area contributed by atoms with Crippen LogP contribution in [0.5, 0.6) is 0 Å². The van der Waals surface area contributed by atoms with Crippen LogP contribution in [0.1, 0.15) is 32.6 Å². The fraction of sp³-hybridized carbons (Fsp3) is 1.00. The van der Waals surface area contributed by atoms with Gasteiger partial charge in [0.1, 0.15) is 0 Å². The normalized spacial score (nSPS) is 25.7. The Balaban J connectivity index is 1.54. The van der Waals surface area contributed by atoms with E-state index in [-0.39, 0.29) is 6.10 Å². The number of β-amino-alcohol motifs (C(OH)–C–C–N with tert-alkyl or cyclic N) is 1. The molecule has 0 amide bonds. The average Bonchev–Trinajstić information content (AvgIpc) is 2.99. The van der Waals surface area contributed by atoms with E-state index in [0.29, 0.717) is 6.04 Å². The van der Waals surface area contributed by atoms with Gasteiger partial charge in [-0.2, -0.15) is 0 Å². The Morgan fingerprint density at radius 2 is 1.44 bits per heavy atom. The largest absolute Gasteiger partial charge is 0.390 e. The van der Waals surface area contributed by atoms with Gasteiger partial charge in [0.2, 0.25) is 0 Å². The molecule has 0 spiro atoms. The number of likely N-dealkylation sites (tertiary alicyclic amines) is 2. The van der Waals surface area contributed by atoms with Crippen LogP contribution in [0.2, 0.25) is 0 Å². The van der Waals surface area contributed by atoms with E-state index in [9.17, 15) is 5.11 Å². The lowest BCUT2D eigenvalue weighted by Gasteiger charge is -2.24. The van der Waals surface area contributed by atoms with Crippen molar-refractivity contribution in [1.29, 1.82) is 0 Å². The standard InChI is InChI=1S/C14H29N3O/c1-13(11-16-6-2-3-7-16)15-10-14(18)12-17-8-4-5-9-17/h13-15,18H,2-12H2,1H3. The molecule has 2 rings (SSSR count). The molecule has 0 aromatic rings. The lowest BCUT2D eigenvalue weighted by atomic mass is 10.2. The predicted octanol–water partition coefficient (Wildman–Crippen LogP) is 0.517. The molecule has 2 atom stereocenters. The molecule has 106 valence electrons. The summed E-state index contributed by atoms with van der Waals surface area (Å²) >= 11 is 0. The third-order valence-electron chi connectivity index (χ3n) is 4.10. The second-order valence-electron chi connectivity index (χ2n) is 5.98. The van der Waals surface area contributed by atoms with Crippen LogP contribution in [0.15, 0.2) is 0 Å². The molecule has 2 heterocycles. The van der Waals surface area contributed by atoms with Crippen molar-refractivity contribution in [2.24, 2.45) is 0 Å². The summed E-state index contributed by atoms with van der Waals surface area (Å²) in [5, 5.41) is 13.5. The predicted molar refractivity (Wildman–Crippen MR) is 74.8 cm³/mol. The molecule has 2 unspecified atom stereocenters. The van der Waals surface area contributed by atoms with Gasteiger partial charge in [-0.05, 0) is 58.8 Å². The summed E-state index contributed by atoms with van der Waals surface area (Å²) in [5.41, 5.74) is 0. The minimum atomic E-state index is -0.218. The number of nitrogens with one attached hydrogen (secondary N) is 1. The highest BCUT2D eigenvalue weighted by Crippen LogP contribution is 2.08. The maximum atomic E-state index is 10.0. The first kappa shape index (κ1) is 14.3. The minimum Gasteiger partial charge on any atom is -0.390 e. The molecule has 4 nitrogen and oxygen atoms in total. The van der Waals surface area contributed by atoms with Crippen LogP contribution in [-0.2, 0) is 0 Å². The summed E-state index contributed by atoms with van der Waals surface area (Å²) < 4.78 is 0. The van der Waals surface area contributed by atoms with Crippen molar-refractivity contribution in [3.8, 4) is 0 Å². The summed E-state index contributed by atoms with van der Waals surface area (Å²) in [7, 11) is 0. The summed E-state index contributed by atoms with van der Waals surface area (Å²) in [4.78, 5) is 4.89. The first-order chi connectivity index (χ1) is 8.74. The quantitative estimate of drug-likeness (QED) is 0.695. The number of aliphatic hydroxyl groups is 1. The number of hydrogen-bond donors (Lipinski definition) is 2. The van der Waals surface area contributed by atoms with Gasteiger partial charge in [0.15, 0.2) is 0 Å². The van der Waals surface area contributed by atoms with Crippen LogP contribution in [0.4, 0.5) is 0 Å². The topological polar surface area (TPSA) is 38.7 Å². The van der Waals surface area contributed by atoms with Gasteiger partial charge in [0.25, 0.3) is 0 Å². The summed E-state index contributed by atoms with van der Waals surface area (Å²) in [6.07, 6.45) is 5.08. The Bertz CT molecular complexity index is 201. The van der Waals surface area contributed by atoms with Crippen molar-refractivity contribution in [1.82, 2.24) is 15.1 Å². The highest BCUT2D eigenvalue weighted by molar-refractivity contribution is 4.76. The van der Waals surface area contributed by atoms with Gasteiger partial charge >= 0.3 is 0 Å². The van der Waals surface area contributed by atoms with Gasteiger partial charge in [0, 0.05) is 25.7 Å². The van der Waals surface area contributed by atoms with Crippen LogP contribution in [0.3, 0.4) is 0 Å². The van der Waals surface area contributed by atoms with Gasteiger partial charge in [-0.25, -0.2) is 0 Å². The van der Waals surface area contributed by atoms with Crippen LogP contribution in [0, 0.1) is 0 Å². The number of nitrogens with zero attached hydrogens (tertiary/aromatic N) is 2. The van der Waals surface area contributed by atoms with Gasteiger partial charge < -0.3 is 20.2 Å². The van der Waals surface area contributed by atoms with Crippen molar-refractivity contribution in [3.63, 3.8) is 0 Å². The molecule has 0 aromatic heterocycles. The van der Waals surface area contributed by atoms with Crippen molar-refractivity contribution < 1.29 is 5.11 Å². The summed E-state index contributed by atoms with van der Waals surface area (Å²) in [6, 6.07) is 0.483. The zero-order chi connectivity index (χ0) is 12.8. The van der Waals surface area contributed by atoms with Gasteiger partial charge in [-0.3, -0.25) is 0 Å². The Morgan fingerprint density at radius 3 is 2.00 bits per heavy atom. The lowest BCUT2D eigenvalue weighted by Crippen LogP contribution is -2.44. The van der Waals surface area contributed by atoms with Crippen LogP contribution < -0.4 is 5.32 Å². The van der Waals surface area contributed by atoms with E-state index >= 15 is 0 Å². The van der Waals surface area contributed by atoms with E-state index in [2.05, 4.69) is 22.0 Å². The van der Waals surface area contributed by atoms with Crippen LogP contribution >= 0.6 is 0 Å². The highest BCUT2D eigenvalue weighted by atomic mass is 16.3. The molecule has 2 aliphatic heterocycles. The van der Waals surface area contributed by atoms with E-state index in [1.807, 2.05) is 0 Å². The SMILES string of the molecule is CC(CN1CCCC1)NCC(O)CN1CCCC1. The molecule has 2 N–H and O–H groups in total. The fourth-order valence-corrected chi connectivity index (χ4v) is 3.08. The third-order valence-corrected chi connectivity index (χ3v) is 4.10. The smallest absolute Gasteiger partial charge is 0.0791 e. The van der Waals surface area contributed by atoms with Crippen molar-refractivity contribution >= 4 is 0 Å². The van der Waals surface area contributed by atoms with E-state index in [1.165, 1.54) is 51.9 Å². The van der Waals surface area contributed by atoms with Crippen molar-refractivity contribution in [3.05, 3.63) is 0 Å². The van der Waals surface area contributed by atoms with E-state index in [4.69, 9.17) is 0 Å². The van der Waals surface area contributed by atoms with Gasteiger partial charge in [-0.15, -0.1) is 0 Å². The second kappa shape index (κ2) is 7.43. The molecule has 0 aliphatic carbocycles. The third kappa shape index (κ3) is 4.84. The molecule has 4 heteroatoms. The zero-order valence-electron chi connectivity index (χ0n) is 11.8. The highest BCUT2D eigenvalue weighted by Gasteiger charge is 2.17. The molecule has 18 heavy (non-hydrogen) atoms. The molecular weight excluding hydrogens is 226 g/mol. The maximum absolute atomic E-state index is 10.0. The van der Waals surface area contributed by atoms with Gasteiger partial charge in [-0.1, -0.05) is 0 Å². The van der Waals surface area contributed by atoms with Crippen molar-refractivity contribution in [2.45, 2.75) is 44.8 Å². The Hall–Kier alpha value is -0.160. The van der Waals surface area contributed by atoms with Crippen molar-refractivity contribution in [2.75, 3.05) is 45.8 Å². The molecule has 2 aliphatic rings. The molecular formula is C14H29N3O. The molecule has 0 aromatic carbocycles. The zero-order valence-corrected chi connectivity index (χ0v) is 11.8. The van der Waals surface area contributed by atoms with Crippen LogP contribution in [-0.4, -0.2) is 72.9 Å². The first-order valence-corrected chi connectivity index (χ1v) is 7.60. The molecule has 0 saturated carbocycles. The molecule has 0 radical (unpaired) electrons. The van der Waals surface area contributed by atoms with Gasteiger partial charge in [0.05, 0.1) is 6.10 Å². The van der Waals surface area contributed by atoms with E-state index in [0.717, 1.165) is 19.6 Å². The van der Waals surface area contributed by atoms with E-state index in [1.54, 1.807) is 0 Å². The number of hydrogen-bond acceptors (Lipinski definition) is 4. The summed E-state index contributed by atoms with van der Waals surface area (Å²) in [5.74, 6) is 0. The summed E-state index contributed by atoms with van der Waals surface area (Å²) in [6.45, 7) is 9.75. The Labute approximate surface area is 111 Å². The second-order valence-corrected chi connectivity index (χ2v) is 5.98. The minimum absolute atomic E-state index is 0.218. The Morgan fingerprint density at radius 1 is 0.944 bits per heavy atom. The first-order valence-electron chi connectivity index (χ1n) is 7.60. The molecule has 0 bridgehead atoms. The number of rotatable bonds is 7. The molecule has 2 saturated heterocycles. The Kier molecular flexibility index (Phi) is 5.89. The average molecular weight is 255 g/mol. The monoisotopic (exact) mass is 255 g/mol.